The molecule has 3 rings (SSSR count). The Hall–Kier alpha value is -2.27. The van der Waals surface area contributed by atoms with E-state index in [1.165, 1.54) is 0 Å². The van der Waals surface area contributed by atoms with Crippen LogP contribution < -0.4 is 19.5 Å². The van der Waals surface area contributed by atoms with Gasteiger partial charge in [0.25, 0.3) is 0 Å². The largest absolute Gasteiger partial charge is 0.493 e. The molecule has 1 aromatic heterocycles. The number of fused-ring (bicyclic) bond motifs is 1. The minimum absolute atomic E-state index is 0.593. The molecule has 0 saturated heterocycles. The Bertz CT molecular complexity index is 643. The first-order valence-electron chi connectivity index (χ1n) is 6.87. The summed E-state index contributed by atoms with van der Waals surface area (Å²) in [5, 5.41) is 3.33. The zero-order valence-corrected chi connectivity index (χ0v) is 12.2. The van der Waals surface area contributed by atoms with Crippen LogP contribution in [0.15, 0.2) is 30.3 Å². The van der Waals surface area contributed by atoms with Gasteiger partial charge in [0.05, 0.1) is 19.9 Å². The monoisotopic (exact) mass is 286 g/mol. The van der Waals surface area contributed by atoms with E-state index in [1.807, 2.05) is 24.3 Å². The van der Waals surface area contributed by atoms with Gasteiger partial charge < -0.3 is 19.5 Å². The fourth-order valence-corrected chi connectivity index (χ4v) is 2.39. The number of rotatable bonds is 3. The smallest absolute Gasteiger partial charge is 0.213 e. The van der Waals surface area contributed by atoms with Gasteiger partial charge in [-0.2, -0.15) is 0 Å². The Morgan fingerprint density at radius 1 is 1.19 bits per heavy atom. The molecule has 110 valence electrons. The summed E-state index contributed by atoms with van der Waals surface area (Å²) in [5.74, 6) is 2.14. The molecule has 1 aromatic carbocycles. The van der Waals surface area contributed by atoms with Gasteiger partial charge in [-0.1, -0.05) is 6.07 Å². The zero-order chi connectivity index (χ0) is 14.7. The van der Waals surface area contributed by atoms with Gasteiger partial charge in [0, 0.05) is 30.3 Å². The number of pyridine rings is 1. The molecule has 2 aromatic rings. The van der Waals surface area contributed by atoms with Gasteiger partial charge in [-0.15, -0.1) is 0 Å². The second-order valence-corrected chi connectivity index (χ2v) is 4.76. The normalized spacial score (nSPS) is 13.8. The van der Waals surface area contributed by atoms with Gasteiger partial charge in [-0.05, 0) is 18.2 Å². The number of methoxy groups -OCH3 is 2. The minimum Gasteiger partial charge on any atom is -0.493 e. The zero-order valence-electron chi connectivity index (χ0n) is 12.2. The van der Waals surface area contributed by atoms with Crippen LogP contribution in [0.2, 0.25) is 0 Å². The molecule has 0 radical (unpaired) electrons. The Morgan fingerprint density at radius 3 is 2.90 bits per heavy atom. The maximum atomic E-state index is 5.77. The molecule has 0 atom stereocenters. The van der Waals surface area contributed by atoms with Crippen LogP contribution in [0, 0.1) is 0 Å². The van der Waals surface area contributed by atoms with Gasteiger partial charge in [-0.25, -0.2) is 4.98 Å². The summed E-state index contributed by atoms with van der Waals surface area (Å²) < 4.78 is 16.4. The molecule has 1 N–H and O–H groups in total. The number of benzene rings is 1. The minimum atomic E-state index is 0.593. The molecule has 0 spiro atoms. The van der Waals surface area contributed by atoms with Crippen LogP contribution in [0.1, 0.15) is 5.56 Å². The Balaban J connectivity index is 2.08. The van der Waals surface area contributed by atoms with E-state index in [9.17, 15) is 0 Å². The van der Waals surface area contributed by atoms with E-state index in [2.05, 4.69) is 16.4 Å². The highest BCUT2D eigenvalue weighted by molar-refractivity contribution is 5.67. The lowest BCUT2D eigenvalue weighted by atomic mass is 10.1. The maximum absolute atomic E-state index is 5.77. The lowest BCUT2D eigenvalue weighted by molar-refractivity contribution is 0.302. The van der Waals surface area contributed by atoms with Gasteiger partial charge in [0.1, 0.15) is 6.61 Å². The maximum Gasteiger partial charge on any atom is 0.213 e. The number of nitrogens with zero attached hydrogens (tertiary/aromatic N) is 1. The van der Waals surface area contributed by atoms with Crippen LogP contribution in [0.4, 0.5) is 0 Å². The van der Waals surface area contributed by atoms with Crippen LogP contribution in [0.3, 0.4) is 0 Å². The van der Waals surface area contributed by atoms with Gasteiger partial charge >= 0.3 is 0 Å². The van der Waals surface area contributed by atoms with Crippen molar-refractivity contribution >= 4 is 0 Å². The van der Waals surface area contributed by atoms with Crippen molar-refractivity contribution in [3.8, 4) is 28.6 Å². The molecule has 5 heteroatoms. The summed E-state index contributed by atoms with van der Waals surface area (Å²) in [4.78, 5) is 4.47. The van der Waals surface area contributed by atoms with Crippen molar-refractivity contribution in [2.45, 2.75) is 6.54 Å². The molecule has 0 saturated carbocycles. The van der Waals surface area contributed by atoms with E-state index in [0.29, 0.717) is 12.5 Å². The molecular weight excluding hydrogens is 268 g/mol. The number of hydrogen-bond acceptors (Lipinski definition) is 5. The fourth-order valence-electron chi connectivity index (χ4n) is 2.39. The number of hydrogen-bond donors (Lipinski definition) is 1. The average Bonchev–Trinajstić information content (AvgIpc) is 2.79. The summed E-state index contributed by atoms with van der Waals surface area (Å²) >= 11 is 0. The second-order valence-electron chi connectivity index (χ2n) is 4.76. The molecule has 1 aliphatic rings. The molecule has 0 unspecified atom stereocenters. The molecule has 5 nitrogen and oxygen atoms in total. The molecule has 1 aliphatic heterocycles. The average molecular weight is 286 g/mol. The molecule has 0 bridgehead atoms. The first-order valence-corrected chi connectivity index (χ1v) is 6.87. The molecular formula is C16H18N2O3. The Labute approximate surface area is 123 Å². The van der Waals surface area contributed by atoms with Crippen molar-refractivity contribution in [3.05, 3.63) is 35.9 Å². The lowest BCUT2D eigenvalue weighted by Gasteiger charge is -2.14. The summed E-state index contributed by atoms with van der Waals surface area (Å²) in [6, 6.07) is 9.74. The van der Waals surface area contributed by atoms with Crippen molar-refractivity contribution < 1.29 is 14.2 Å². The van der Waals surface area contributed by atoms with E-state index in [0.717, 1.165) is 41.4 Å². The first-order chi connectivity index (χ1) is 10.3. The number of nitrogens with one attached hydrogen (secondary N) is 1. The van der Waals surface area contributed by atoms with Crippen LogP contribution >= 0.6 is 0 Å². The van der Waals surface area contributed by atoms with Gasteiger partial charge in [0.15, 0.2) is 11.5 Å². The van der Waals surface area contributed by atoms with E-state index in [1.54, 1.807) is 14.2 Å². The van der Waals surface area contributed by atoms with E-state index in [-0.39, 0.29) is 0 Å². The topological polar surface area (TPSA) is 52.6 Å². The van der Waals surface area contributed by atoms with Crippen molar-refractivity contribution in [1.29, 1.82) is 0 Å². The third-order valence-electron chi connectivity index (χ3n) is 3.42. The predicted molar refractivity (Wildman–Crippen MR) is 80.0 cm³/mol. The molecule has 2 heterocycles. The van der Waals surface area contributed by atoms with Crippen LogP contribution in [0.25, 0.3) is 11.3 Å². The van der Waals surface area contributed by atoms with Crippen molar-refractivity contribution in [2.24, 2.45) is 0 Å². The SMILES string of the molecule is COc1cccc(-c2cc3c(c(OC)c2)OCCNC3)n1. The Kier molecular flexibility index (Phi) is 3.92. The predicted octanol–water partition coefficient (Wildman–Crippen LogP) is 2.25. The van der Waals surface area contributed by atoms with E-state index >= 15 is 0 Å². The first kappa shape index (κ1) is 13.7. The van der Waals surface area contributed by atoms with Crippen LogP contribution in [-0.2, 0) is 6.54 Å². The summed E-state index contributed by atoms with van der Waals surface area (Å²) in [6.45, 7) is 2.22. The summed E-state index contributed by atoms with van der Waals surface area (Å²) in [5.41, 5.74) is 2.91. The number of aromatic nitrogens is 1. The highest BCUT2D eigenvalue weighted by Gasteiger charge is 2.17. The third-order valence-corrected chi connectivity index (χ3v) is 3.42. The second kappa shape index (κ2) is 6.01. The highest BCUT2D eigenvalue weighted by Crippen LogP contribution is 2.37. The standard InChI is InChI=1S/C16H18N2O3/c1-19-14-9-11(13-4-3-5-15(18-13)20-2)8-12-10-17-6-7-21-16(12)14/h3-5,8-9,17H,6-7,10H2,1-2H3. The molecule has 0 aliphatic carbocycles. The molecule has 21 heavy (non-hydrogen) atoms. The van der Waals surface area contributed by atoms with Crippen LogP contribution in [-0.4, -0.2) is 32.4 Å². The summed E-state index contributed by atoms with van der Waals surface area (Å²) in [6.07, 6.45) is 0. The van der Waals surface area contributed by atoms with Crippen molar-refractivity contribution in [1.82, 2.24) is 10.3 Å². The van der Waals surface area contributed by atoms with Crippen molar-refractivity contribution in [3.63, 3.8) is 0 Å². The lowest BCUT2D eigenvalue weighted by Crippen LogP contribution is -2.16. The summed E-state index contributed by atoms with van der Waals surface area (Å²) in [7, 11) is 3.27. The van der Waals surface area contributed by atoms with Gasteiger partial charge in [0.2, 0.25) is 5.88 Å². The third kappa shape index (κ3) is 2.78. The van der Waals surface area contributed by atoms with Crippen molar-refractivity contribution in [2.75, 3.05) is 27.4 Å². The molecule has 0 amide bonds. The fraction of sp³-hybridized carbons (Fsp3) is 0.312. The highest BCUT2D eigenvalue weighted by atomic mass is 16.5. The Morgan fingerprint density at radius 2 is 2.10 bits per heavy atom. The van der Waals surface area contributed by atoms with E-state index in [4.69, 9.17) is 14.2 Å². The molecule has 0 fully saturated rings. The quantitative estimate of drug-likeness (QED) is 0.938. The number of ether oxygens (including phenoxy) is 3. The van der Waals surface area contributed by atoms with Gasteiger partial charge in [-0.3, -0.25) is 0 Å². The van der Waals surface area contributed by atoms with Crippen LogP contribution in [0.5, 0.6) is 17.4 Å². The van der Waals surface area contributed by atoms with E-state index < -0.39 is 0 Å².